The van der Waals surface area contributed by atoms with Crippen molar-refractivity contribution in [3.05, 3.63) is 52.2 Å². The fourth-order valence-electron chi connectivity index (χ4n) is 2.97. The number of hydrogen-bond acceptors (Lipinski definition) is 4. The molecule has 0 atom stereocenters. The van der Waals surface area contributed by atoms with Crippen molar-refractivity contribution in [1.29, 1.82) is 0 Å². The van der Waals surface area contributed by atoms with E-state index in [1.165, 1.54) is 11.8 Å². The molecule has 132 valence electrons. The maximum absolute atomic E-state index is 12.5. The summed E-state index contributed by atoms with van der Waals surface area (Å²) in [7, 11) is 0. The highest BCUT2D eigenvalue weighted by molar-refractivity contribution is 7.09. The van der Waals surface area contributed by atoms with E-state index in [2.05, 4.69) is 27.7 Å². The number of benzene rings is 1. The number of hydrogen-bond donors (Lipinski definition) is 1. The molecule has 0 saturated carbocycles. The summed E-state index contributed by atoms with van der Waals surface area (Å²) in [5, 5.41) is 4.84. The molecule has 1 aliphatic heterocycles. The predicted octanol–water partition coefficient (Wildman–Crippen LogP) is 2.59. The van der Waals surface area contributed by atoms with E-state index in [1.807, 2.05) is 29.2 Å². The molecule has 1 fully saturated rings. The molecule has 0 aliphatic carbocycles. The van der Waals surface area contributed by atoms with Crippen LogP contribution in [0.25, 0.3) is 0 Å². The standard InChI is InChI=1S/C19H23N3O2S/c1-15(23)20-17-6-4-16(5-7-17)13-19(24)22-10-8-21(9-11-22)14-18-3-2-12-25-18/h2-7,12H,8-11,13-14H2,1H3,(H,20,23). The zero-order chi connectivity index (χ0) is 17.6. The van der Waals surface area contributed by atoms with Gasteiger partial charge in [-0.05, 0) is 29.1 Å². The molecule has 6 heteroatoms. The van der Waals surface area contributed by atoms with Gasteiger partial charge in [-0.1, -0.05) is 18.2 Å². The number of carbonyl (C=O) groups excluding carboxylic acids is 2. The first kappa shape index (κ1) is 17.6. The molecule has 0 unspecified atom stereocenters. The molecule has 0 spiro atoms. The van der Waals surface area contributed by atoms with Gasteiger partial charge < -0.3 is 10.2 Å². The van der Waals surface area contributed by atoms with E-state index in [1.54, 1.807) is 11.3 Å². The number of anilines is 1. The first-order chi connectivity index (χ1) is 12.1. The van der Waals surface area contributed by atoms with Crippen LogP contribution in [0, 0.1) is 0 Å². The van der Waals surface area contributed by atoms with Crippen LogP contribution in [-0.2, 0) is 22.6 Å². The van der Waals surface area contributed by atoms with Crippen LogP contribution in [0.5, 0.6) is 0 Å². The molecule has 1 N–H and O–H groups in total. The van der Waals surface area contributed by atoms with Crippen LogP contribution in [0.4, 0.5) is 5.69 Å². The van der Waals surface area contributed by atoms with Gasteiger partial charge in [0.2, 0.25) is 11.8 Å². The quantitative estimate of drug-likeness (QED) is 0.895. The molecular formula is C19H23N3O2S. The Hall–Kier alpha value is -2.18. The summed E-state index contributed by atoms with van der Waals surface area (Å²) in [4.78, 5) is 29.3. The minimum absolute atomic E-state index is 0.0933. The normalized spacial score (nSPS) is 15.2. The van der Waals surface area contributed by atoms with Crippen LogP contribution >= 0.6 is 11.3 Å². The van der Waals surface area contributed by atoms with Crippen LogP contribution in [0.1, 0.15) is 17.4 Å². The van der Waals surface area contributed by atoms with E-state index in [9.17, 15) is 9.59 Å². The third-order valence-electron chi connectivity index (χ3n) is 4.31. The highest BCUT2D eigenvalue weighted by atomic mass is 32.1. The molecule has 2 amide bonds. The Morgan fingerprint density at radius 3 is 2.40 bits per heavy atom. The predicted molar refractivity (Wildman–Crippen MR) is 101 cm³/mol. The molecule has 1 aliphatic rings. The van der Waals surface area contributed by atoms with Gasteiger partial charge in [-0.2, -0.15) is 0 Å². The lowest BCUT2D eigenvalue weighted by molar-refractivity contribution is -0.132. The van der Waals surface area contributed by atoms with Crippen LogP contribution < -0.4 is 5.32 Å². The molecule has 2 aromatic rings. The Balaban J connectivity index is 1.46. The number of nitrogens with one attached hydrogen (secondary N) is 1. The van der Waals surface area contributed by atoms with Crippen molar-refractivity contribution in [3.8, 4) is 0 Å². The van der Waals surface area contributed by atoms with Gasteiger partial charge in [0.15, 0.2) is 0 Å². The van der Waals surface area contributed by atoms with E-state index >= 15 is 0 Å². The van der Waals surface area contributed by atoms with Crippen molar-refractivity contribution in [1.82, 2.24) is 9.80 Å². The van der Waals surface area contributed by atoms with E-state index < -0.39 is 0 Å². The molecule has 0 bridgehead atoms. The lowest BCUT2D eigenvalue weighted by Crippen LogP contribution is -2.48. The number of amides is 2. The molecule has 2 heterocycles. The highest BCUT2D eigenvalue weighted by Gasteiger charge is 2.21. The van der Waals surface area contributed by atoms with Gasteiger partial charge in [0.25, 0.3) is 0 Å². The minimum atomic E-state index is -0.0933. The summed E-state index contributed by atoms with van der Waals surface area (Å²) >= 11 is 1.78. The third-order valence-corrected chi connectivity index (χ3v) is 5.18. The second-order valence-corrected chi connectivity index (χ2v) is 7.32. The molecule has 1 aromatic carbocycles. The number of rotatable bonds is 5. The average Bonchev–Trinajstić information content (AvgIpc) is 3.10. The summed E-state index contributed by atoms with van der Waals surface area (Å²) in [5.74, 6) is 0.0762. The van der Waals surface area contributed by atoms with Crippen LogP contribution in [0.15, 0.2) is 41.8 Å². The van der Waals surface area contributed by atoms with Gasteiger partial charge in [-0.25, -0.2) is 0 Å². The Morgan fingerprint density at radius 1 is 1.08 bits per heavy atom. The molecular weight excluding hydrogens is 334 g/mol. The largest absolute Gasteiger partial charge is 0.340 e. The van der Waals surface area contributed by atoms with Gasteiger partial charge in [-0.15, -0.1) is 11.3 Å². The smallest absolute Gasteiger partial charge is 0.227 e. The third kappa shape index (κ3) is 5.14. The number of thiophene rings is 1. The zero-order valence-electron chi connectivity index (χ0n) is 14.4. The highest BCUT2D eigenvalue weighted by Crippen LogP contribution is 2.15. The van der Waals surface area contributed by atoms with E-state index in [-0.39, 0.29) is 11.8 Å². The molecule has 25 heavy (non-hydrogen) atoms. The van der Waals surface area contributed by atoms with Crippen molar-refractivity contribution in [2.24, 2.45) is 0 Å². The Labute approximate surface area is 152 Å². The van der Waals surface area contributed by atoms with Gasteiger partial charge in [0, 0.05) is 50.2 Å². The summed E-state index contributed by atoms with van der Waals surface area (Å²) in [6.45, 7) is 5.87. The summed E-state index contributed by atoms with van der Waals surface area (Å²) < 4.78 is 0. The van der Waals surface area contributed by atoms with Gasteiger partial charge in [0.05, 0.1) is 6.42 Å². The summed E-state index contributed by atoms with van der Waals surface area (Å²) in [6, 6.07) is 11.7. The van der Waals surface area contributed by atoms with Crippen LogP contribution in [0.2, 0.25) is 0 Å². The molecule has 5 nitrogen and oxygen atoms in total. The Kier molecular flexibility index (Phi) is 5.83. The lowest BCUT2D eigenvalue weighted by atomic mass is 10.1. The van der Waals surface area contributed by atoms with Crippen molar-refractivity contribution in [2.75, 3.05) is 31.5 Å². The fraction of sp³-hybridized carbons (Fsp3) is 0.368. The molecule has 0 radical (unpaired) electrons. The maximum Gasteiger partial charge on any atom is 0.227 e. The molecule has 3 rings (SSSR count). The summed E-state index contributed by atoms with van der Waals surface area (Å²) in [5.41, 5.74) is 1.73. The molecule has 1 aromatic heterocycles. The Bertz CT molecular complexity index is 705. The fourth-order valence-corrected chi connectivity index (χ4v) is 3.72. The lowest BCUT2D eigenvalue weighted by Gasteiger charge is -2.34. The van der Waals surface area contributed by atoms with Gasteiger partial charge in [0.1, 0.15) is 0 Å². The van der Waals surface area contributed by atoms with E-state index in [0.29, 0.717) is 6.42 Å². The zero-order valence-corrected chi connectivity index (χ0v) is 15.2. The SMILES string of the molecule is CC(=O)Nc1ccc(CC(=O)N2CCN(Cc3cccs3)CC2)cc1. The van der Waals surface area contributed by atoms with Gasteiger partial charge >= 0.3 is 0 Å². The van der Waals surface area contributed by atoms with Crippen molar-refractivity contribution in [2.45, 2.75) is 19.9 Å². The second-order valence-electron chi connectivity index (χ2n) is 6.29. The van der Waals surface area contributed by atoms with Crippen molar-refractivity contribution in [3.63, 3.8) is 0 Å². The first-order valence-corrected chi connectivity index (χ1v) is 9.37. The molecule has 1 saturated heterocycles. The average molecular weight is 357 g/mol. The van der Waals surface area contributed by atoms with E-state index in [0.717, 1.165) is 44.0 Å². The van der Waals surface area contributed by atoms with Crippen molar-refractivity contribution >= 4 is 28.8 Å². The van der Waals surface area contributed by atoms with Gasteiger partial charge in [-0.3, -0.25) is 14.5 Å². The Morgan fingerprint density at radius 2 is 1.80 bits per heavy atom. The second kappa shape index (κ2) is 8.27. The summed E-state index contributed by atoms with van der Waals surface area (Å²) in [6.07, 6.45) is 0.408. The number of nitrogens with zero attached hydrogens (tertiary/aromatic N) is 2. The number of carbonyl (C=O) groups is 2. The minimum Gasteiger partial charge on any atom is -0.340 e. The monoisotopic (exact) mass is 357 g/mol. The van der Waals surface area contributed by atoms with E-state index in [4.69, 9.17) is 0 Å². The van der Waals surface area contributed by atoms with Crippen LogP contribution in [-0.4, -0.2) is 47.8 Å². The first-order valence-electron chi connectivity index (χ1n) is 8.49. The maximum atomic E-state index is 12.5. The van der Waals surface area contributed by atoms with Crippen LogP contribution in [0.3, 0.4) is 0 Å². The number of piperazine rings is 1. The topological polar surface area (TPSA) is 52.7 Å². The van der Waals surface area contributed by atoms with Crippen molar-refractivity contribution < 1.29 is 9.59 Å².